The number of rotatable bonds is 3. The van der Waals surface area contributed by atoms with Gasteiger partial charge in [0, 0.05) is 5.69 Å². The van der Waals surface area contributed by atoms with Crippen LogP contribution in [0.3, 0.4) is 0 Å². The van der Waals surface area contributed by atoms with Crippen molar-refractivity contribution in [3.05, 3.63) is 18.1 Å². The molecule has 2 heterocycles. The number of aromatic nitrogens is 3. The van der Waals surface area contributed by atoms with Gasteiger partial charge < -0.3 is 15.4 Å². The molecule has 78 valence electrons. The Balaban J connectivity index is 2.37. The molecule has 2 rings (SSSR count). The second-order valence-corrected chi connectivity index (χ2v) is 3.18. The quantitative estimate of drug-likeness (QED) is 0.689. The maximum absolute atomic E-state index is 10.4. The van der Waals surface area contributed by atoms with Crippen molar-refractivity contribution < 1.29 is 9.90 Å². The second kappa shape index (κ2) is 3.56. The summed E-state index contributed by atoms with van der Waals surface area (Å²) in [5.41, 5.74) is 1.67. The molecule has 0 bridgehead atoms. The molecular formula is C9H10N4O2. The predicted molar refractivity (Wildman–Crippen MR) is 54.8 cm³/mol. The minimum atomic E-state index is -0.922. The lowest BCUT2D eigenvalue weighted by atomic mass is 10.3. The van der Waals surface area contributed by atoms with E-state index >= 15 is 0 Å². The number of carboxylic acids is 1. The van der Waals surface area contributed by atoms with E-state index in [1.54, 1.807) is 0 Å². The first-order valence-corrected chi connectivity index (χ1v) is 4.43. The van der Waals surface area contributed by atoms with Crippen LogP contribution in [0, 0.1) is 6.92 Å². The Kier molecular flexibility index (Phi) is 2.24. The van der Waals surface area contributed by atoms with Gasteiger partial charge in [-0.3, -0.25) is 4.79 Å². The first kappa shape index (κ1) is 9.45. The van der Waals surface area contributed by atoms with Gasteiger partial charge in [0.1, 0.15) is 24.3 Å². The van der Waals surface area contributed by atoms with E-state index in [2.05, 4.69) is 20.3 Å². The van der Waals surface area contributed by atoms with Gasteiger partial charge >= 0.3 is 5.97 Å². The molecule has 0 radical (unpaired) electrons. The van der Waals surface area contributed by atoms with Gasteiger partial charge in [-0.2, -0.15) is 0 Å². The van der Waals surface area contributed by atoms with Crippen LogP contribution in [-0.2, 0) is 4.79 Å². The summed E-state index contributed by atoms with van der Waals surface area (Å²) < 4.78 is 0. The molecule has 6 heteroatoms. The lowest BCUT2D eigenvalue weighted by molar-refractivity contribution is -0.134. The standard InChI is InChI=1S/C9H10N4O2/c1-5-2-6-8(10-3-7(14)15)11-4-12-9(6)13-5/h2,4H,3H2,1H3,(H,14,15)(H2,10,11,12,13). The highest BCUT2D eigenvalue weighted by Crippen LogP contribution is 2.19. The molecule has 0 aliphatic rings. The second-order valence-electron chi connectivity index (χ2n) is 3.18. The summed E-state index contributed by atoms with van der Waals surface area (Å²) in [7, 11) is 0. The van der Waals surface area contributed by atoms with Gasteiger partial charge in [0.2, 0.25) is 0 Å². The number of hydrogen-bond acceptors (Lipinski definition) is 4. The molecule has 6 nitrogen and oxygen atoms in total. The minimum absolute atomic E-state index is 0.156. The van der Waals surface area contributed by atoms with Crippen LogP contribution in [0.25, 0.3) is 11.0 Å². The van der Waals surface area contributed by atoms with E-state index in [1.807, 2.05) is 13.0 Å². The van der Waals surface area contributed by atoms with E-state index < -0.39 is 5.97 Å². The van der Waals surface area contributed by atoms with Gasteiger partial charge in [0.25, 0.3) is 0 Å². The summed E-state index contributed by atoms with van der Waals surface area (Å²) in [6, 6.07) is 1.87. The van der Waals surface area contributed by atoms with Crippen LogP contribution in [-0.4, -0.2) is 32.6 Å². The van der Waals surface area contributed by atoms with Crippen molar-refractivity contribution in [2.45, 2.75) is 6.92 Å². The molecule has 2 aromatic heterocycles. The molecule has 0 unspecified atom stereocenters. The highest BCUT2D eigenvalue weighted by Gasteiger charge is 2.06. The first-order valence-electron chi connectivity index (χ1n) is 4.43. The molecule has 0 aliphatic heterocycles. The van der Waals surface area contributed by atoms with E-state index in [9.17, 15) is 4.79 Å². The van der Waals surface area contributed by atoms with Crippen molar-refractivity contribution in [3.8, 4) is 0 Å². The number of nitrogens with zero attached hydrogens (tertiary/aromatic N) is 2. The highest BCUT2D eigenvalue weighted by atomic mass is 16.4. The summed E-state index contributed by atoms with van der Waals surface area (Å²) in [4.78, 5) is 21.5. The number of carboxylic acid groups (broad SMARTS) is 1. The van der Waals surface area contributed by atoms with Crippen molar-refractivity contribution in [3.63, 3.8) is 0 Å². The van der Waals surface area contributed by atoms with Crippen molar-refractivity contribution in [1.82, 2.24) is 15.0 Å². The Bertz CT molecular complexity index is 506. The predicted octanol–water partition coefficient (Wildman–Crippen LogP) is 0.763. The number of nitrogens with one attached hydrogen (secondary N) is 2. The first-order chi connectivity index (χ1) is 7.16. The third-order valence-corrected chi connectivity index (χ3v) is 1.97. The molecule has 2 aromatic rings. The molecule has 0 aromatic carbocycles. The van der Waals surface area contributed by atoms with E-state index in [-0.39, 0.29) is 6.54 Å². The van der Waals surface area contributed by atoms with Crippen molar-refractivity contribution >= 4 is 22.8 Å². The Labute approximate surface area is 85.4 Å². The maximum Gasteiger partial charge on any atom is 0.322 e. The highest BCUT2D eigenvalue weighted by molar-refractivity contribution is 5.88. The molecular weight excluding hydrogens is 196 g/mol. The van der Waals surface area contributed by atoms with Gasteiger partial charge in [-0.25, -0.2) is 9.97 Å². The van der Waals surface area contributed by atoms with Gasteiger partial charge in [-0.15, -0.1) is 0 Å². The minimum Gasteiger partial charge on any atom is -0.480 e. The van der Waals surface area contributed by atoms with Crippen molar-refractivity contribution in [1.29, 1.82) is 0 Å². The van der Waals surface area contributed by atoms with Crippen LogP contribution in [0.2, 0.25) is 0 Å². The van der Waals surface area contributed by atoms with Crippen LogP contribution < -0.4 is 5.32 Å². The zero-order chi connectivity index (χ0) is 10.8. The zero-order valence-corrected chi connectivity index (χ0v) is 8.11. The van der Waals surface area contributed by atoms with Crippen molar-refractivity contribution in [2.24, 2.45) is 0 Å². The molecule has 0 saturated carbocycles. The van der Waals surface area contributed by atoms with Crippen LogP contribution >= 0.6 is 0 Å². The third-order valence-electron chi connectivity index (χ3n) is 1.97. The van der Waals surface area contributed by atoms with Crippen LogP contribution in [0.5, 0.6) is 0 Å². The molecule has 3 N–H and O–H groups in total. The van der Waals surface area contributed by atoms with E-state index in [0.29, 0.717) is 11.5 Å². The lowest BCUT2D eigenvalue weighted by Gasteiger charge is -2.02. The number of aromatic amines is 1. The summed E-state index contributed by atoms with van der Waals surface area (Å²) in [5, 5.41) is 12.1. The molecule has 0 saturated heterocycles. The lowest BCUT2D eigenvalue weighted by Crippen LogP contribution is -2.13. The fourth-order valence-corrected chi connectivity index (χ4v) is 1.37. The zero-order valence-electron chi connectivity index (χ0n) is 8.11. The molecule has 0 aliphatic carbocycles. The number of aryl methyl sites for hydroxylation is 1. The third kappa shape index (κ3) is 1.88. The van der Waals surface area contributed by atoms with Gasteiger partial charge in [-0.1, -0.05) is 0 Å². The summed E-state index contributed by atoms with van der Waals surface area (Å²) in [6.07, 6.45) is 1.39. The van der Waals surface area contributed by atoms with E-state index in [1.165, 1.54) is 6.33 Å². The number of fused-ring (bicyclic) bond motifs is 1. The Morgan fingerprint density at radius 1 is 1.60 bits per heavy atom. The SMILES string of the molecule is Cc1cc2c(NCC(=O)O)ncnc2[nH]1. The fourth-order valence-electron chi connectivity index (χ4n) is 1.37. The number of H-pyrrole nitrogens is 1. The molecule has 0 spiro atoms. The molecule has 0 amide bonds. The smallest absolute Gasteiger partial charge is 0.322 e. The number of hydrogen-bond donors (Lipinski definition) is 3. The summed E-state index contributed by atoms with van der Waals surface area (Å²) in [6.45, 7) is 1.75. The average Bonchev–Trinajstić information content (AvgIpc) is 2.55. The van der Waals surface area contributed by atoms with Crippen LogP contribution in [0.1, 0.15) is 5.69 Å². The summed E-state index contributed by atoms with van der Waals surface area (Å²) >= 11 is 0. The largest absolute Gasteiger partial charge is 0.480 e. The fraction of sp³-hybridized carbons (Fsp3) is 0.222. The molecule has 15 heavy (non-hydrogen) atoms. The van der Waals surface area contributed by atoms with Gasteiger partial charge in [-0.05, 0) is 13.0 Å². The average molecular weight is 206 g/mol. The van der Waals surface area contributed by atoms with Crippen molar-refractivity contribution in [2.75, 3.05) is 11.9 Å². The number of anilines is 1. The summed E-state index contributed by atoms with van der Waals surface area (Å²) in [5.74, 6) is -0.388. The van der Waals surface area contributed by atoms with E-state index in [0.717, 1.165) is 11.1 Å². The number of aliphatic carboxylic acids is 1. The molecule has 0 fully saturated rings. The topological polar surface area (TPSA) is 90.9 Å². The van der Waals surface area contributed by atoms with Gasteiger partial charge in [0.05, 0.1) is 5.39 Å². The Hall–Kier alpha value is -2.11. The Morgan fingerprint density at radius 3 is 3.13 bits per heavy atom. The number of carbonyl (C=O) groups is 1. The van der Waals surface area contributed by atoms with E-state index in [4.69, 9.17) is 5.11 Å². The van der Waals surface area contributed by atoms with Gasteiger partial charge in [0.15, 0.2) is 0 Å². The maximum atomic E-state index is 10.4. The molecule has 0 atom stereocenters. The Morgan fingerprint density at radius 2 is 2.40 bits per heavy atom. The normalized spacial score (nSPS) is 10.5. The van der Waals surface area contributed by atoms with Crippen LogP contribution in [0.4, 0.5) is 5.82 Å². The van der Waals surface area contributed by atoms with Crippen LogP contribution in [0.15, 0.2) is 12.4 Å². The monoisotopic (exact) mass is 206 g/mol.